The molecule has 186 valence electrons. The molecule has 0 spiro atoms. The lowest BCUT2D eigenvalue weighted by Crippen LogP contribution is -2.44. The molecule has 1 fully saturated rings. The number of rotatable bonds is 8. The minimum atomic E-state index is -0.0774. The summed E-state index contributed by atoms with van der Waals surface area (Å²) in [5, 5.41) is 4.95. The smallest absolute Gasteiger partial charge is 0.253 e. The zero-order chi connectivity index (χ0) is 24.8. The molecular formula is C27H34N4O3S. The first kappa shape index (κ1) is 25.2. The predicted octanol–water partition coefficient (Wildman–Crippen LogP) is 4.07. The number of hydrogen-bond acceptors (Lipinski definition) is 5. The van der Waals surface area contributed by atoms with Crippen LogP contribution in [0, 0.1) is 13.8 Å². The number of morpholine rings is 1. The maximum absolute atomic E-state index is 13.0. The van der Waals surface area contributed by atoms with E-state index < -0.39 is 0 Å². The van der Waals surface area contributed by atoms with Gasteiger partial charge in [0.05, 0.1) is 31.9 Å². The number of nitrogens with zero attached hydrogens (tertiary/aromatic N) is 2. The molecule has 0 atom stereocenters. The highest BCUT2D eigenvalue weighted by Gasteiger charge is 2.17. The van der Waals surface area contributed by atoms with E-state index in [0.717, 1.165) is 66.3 Å². The number of H-pyrrole nitrogens is 1. The quantitative estimate of drug-likeness (QED) is 0.458. The summed E-state index contributed by atoms with van der Waals surface area (Å²) >= 11 is 5.81. The van der Waals surface area contributed by atoms with Crippen LogP contribution in [0.25, 0.3) is 10.9 Å². The molecule has 1 aliphatic heterocycles. The monoisotopic (exact) mass is 494 g/mol. The molecule has 4 rings (SSSR count). The van der Waals surface area contributed by atoms with Crippen LogP contribution in [0.15, 0.2) is 47.3 Å². The van der Waals surface area contributed by atoms with Crippen LogP contribution in [-0.2, 0) is 11.3 Å². The number of thiocarbonyl (C=S) groups is 1. The number of anilines is 1. The fourth-order valence-corrected chi connectivity index (χ4v) is 4.51. The zero-order valence-corrected chi connectivity index (χ0v) is 21.5. The highest BCUT2D eigenvalue weighted by Crippen LogP contribution is 2.20. The highest BCUT2D eigenvalue weighted by molar-refractivity contribution is 7.80. The van der Waals surface area contributed by atoms with Gasteiger partial charge in [0.1, 0.15) is 5.75 Å². The Hall–Kier alpha value is -2.94. The van der Waals surface area contributed by atoms with Crippen molar-refractivity contribution in [2.75, 3.05) is 51.3 Å². The molecule has 0 radical (unpaired) electrons. The van der Waals surface area contributed by atoms with E-state index in [1.165, 1.54) is 0 Å². The Bertz CT molecular complexity index is 1220. The van der Waals surface area contributed by atoms with Crippen molar-refractivity contribution < 1.29 is 9.47 Å². The van der Waals surface area contributed by atoms with Crippen LogP contribution in [0.1, 0.15) is 23.6 Å². The minimum absolute atomic E-state index is 0.0774. The molecule has 1 saturated heterocycles. The van der Waals surface area contributed by atoms with Gasteiger partial charge in [-0.3, -0.25) is 9.69 Å². The third-order valence-electron chi connectivity index (χ3n) is 6.48. The van der Waals surface area contributed by atoms with Crippen LogP contribution >= 0.6 is 12.2 Å². The van der Waals surface area contributed by atoms with E-state index >= 15 is 0 Å². The molecule has 7 nitrogen and oxygen atoms in total. The summed E-state index contributed by atoms with van der Waals surface area (Å²) < 4.78 is 11.0. The van der Waals surface area contributed by atoms with E-state index in [0.29, 0.717) is 30.4 Å². The normalized spacial score (nSPS) is 14.1. The van der Waals surface area contributed by atoms with Crippen molar-refractivity contribution >= 4 is 33.9 Å². The maximum Gasteiger partial charge on any atom is 0.253 e. The van der Waals surface area contributed by atoms with Crippen molar-refractivity contribution in [3.63, 3.8) is 0 Å². The average molecular weight is 495 g/mol. The second kappa shape index (κ2) is 11.7. The van der Waals surface area contributed by atoms with Crippen molar-refractivity contribution in [3.05, 3.63) is 69.5 Å². The first-order valence-corrected chi connectivity index (χ1v) is 12.6. The summed E-state index contributed by atoms with van der Waals surface area (Å²) in [4.78, 5) is 20.6. The molecule has 2 aromatic carbocycles. The van der Waals surface area contributed by atoms with Crippen molar-refractivity contribution in [2.24, 2.45) is 0 Å². The van der Waals surface area contributed by atoms with Crippen molar-refractivity contribution in [1.29, 1.82) is 0 Å². The lowest BCUT2D eigenvalue weighted by atomic mass is 10.0. The van der Waals surface area contributed by atoms with Crippen LogP contribution in [-0.4, -0.2) is 65.9 Å². The van der Waals surface area contributed by atoms with Gasteiger partial charge in [0.15, 0.2) is 5.11 Å². The third-order valence-corrected chi connectivity index (χ3v) is 6.84. The van der Waals surface area contributed by atoms with E-state index in [2.05, 4.69) is 39.2 Å². The Balaban J connectivity index is 1.54. The van der Waals surface area contributed by atoms with E-state index in [4.69, 9.17) is 21.7 Å². The lowest BCUT2D eigenvalue weighted by molar-refractivity contribution is 0.0358. The predicted molar refractivity (Wildman–Crippen MR) is 146 cm³/mol. The number of aromatic amines is 1. The number of hydrogen-bond donors (Lipinski definition) is 2. The fourth-order valence-electron chi connectivity index (χ4n) is 4.24. The molecule has 8 heteroatoms. The molecule has 2 heterocycles. The van der Waals surface area contributed by atoms with E-state index in [9.17, 15) is 4.79 Å². The highest BCUT2D eigenvalue weighted by atomic mass is 32.1. The standard InChI is InChI=1S/C27H34N4O3S/c1-4-34-24-9-7-23(8-10-24)28-27(35)31(12-11-30-13-15-33-16-14-30)18-22-17-21-6-5-19(2)20(3)25(21)29-26(22)32/h5-10,17H,4,11-16,18H2,1-3H3,(H,28,35)(H,29,32). The van der Waals surface area contributed by atoms with Gasteiger partial charge in [0.2, 0.25) is 0 Å². The molecule has 1 aromatic heterocycles. The molecule has 35 heavy (non-hydrogen) atoms. The van der Waals surface area contributed by atoms with Gasteiger partial charge >= 0.3 is 0 Å². The molecule has 3 aromatic rings. The van der Waals surface area contributed by atoms with Crippen LogP contribution in [0.4, 0.5) is 5.69 Å². The summed E-state index contributed by atoms with van der Waals surface area (Å²) in [7, 11) is 0. The van der Waals surface area contributed by atoms with E-state index in [1.807, 2.05) is 44.2 Å². The Morgan fingerprint density at radius 3 is 2.63 bits per heavy atom. The number of fused-ring (bicyclic) bond motifs is 1. The maximum atomic E-state index is 13.0. The zero-order valence-electron chi connectivity index (χ0n) is 20.7. The SMILES string of the molecule is CCOc1ccc(NC(=S)N(CCN2CCOCC2)Cc2cc3ccc(C)c(C)c3[nH]c2=O)cc1. The molecule has 0 bridgehead atoms. The Morgan fingerprint density at radius 2 is 1.91 bits per heavy atom. The Kier molecular flexibility index (Phi) is 8.38. The lowest BCUT2D eigenvalue weighted by Gasteiger charge is -2.31. The molecule has 0 amide bonds. The number of benzene rings is 2. The van der Waals surface area contributed by atoms with Crippen molar-refractivity contribution in [1.82, 2.24) is 14.8 Å². The van der Waals surface area contributed by atoms with Gasteiger partial charge in [0.25, 0.3) is 5.56 Å². The number of aryl methyl sites for hydroxylation is 2. The van der Waals surface area contributed by atoms with Crippen LogP contribution in [0.3, 0.4) is 0 Å². The van der Waals surface area contributed by atoms with E-state index in [1.54, 1.807) is 0 Å². The van der Waals surface area contributed by atoms with Gasteiger partial charge < -0.3 is 24.7 Å². The van der Waals surface area contributed by atoms with Crippen LogP contribution in [0.2, 0.25) is 0 Å². The van der Waals surface area contributed by atoms with Gasteiger partial charge in [-0.15, -0.1) is 0 Å². The second-order valence-electron chi connectivity index (χ2n) is 8.86. The topological polar surface area (TPSA) is 69.8 Å². The van der Waals surface area contributed by atoms with Crippen LogP contribution in [0.5, 0.6) is 5.75 Å². The van der Waals surface area contributed by atoms with Crippen LogP contribution < -0.4 is 15.6 Å². The average Bonchev–Trinajstić information content (AvgIpc) is 2.87. The second-order valence-corrected chi connectivity index (χ2v) is 9.25. The molecule has 0 saturated carbocycles. The Morgan fingerprint density at radius 1 is 1.17 bits per heavy atom. The number of aromatic nitrogens is 1. The van der Waals surface area contributed by atoms with Gasteiger partial charge in [-0.05, 0) is 79.8 Å². The van der Waals surface area contributed by atoms with Gasteiger partial charge in [-0.2, -0.15) is 0 Å². The van der Waals surface area contributed by atoms with Crippen molar-refractivity contribution in [2.45, 2.75) is 27.3 Å². The van der Waals surface area contributed by atoms with Gasteiger partial charge in [-0.25, -0.2) is 0 Å². The largest absolute Gasteiger partial charge is 0.494 e. The van der Waals surface area contributed by atoms with E-state index in [-0.39, 0.29) is 5.56 Å². The van der Waals surface area contributed by atoms with Crippen molar-refractivity contribution in [3.8, 4) is 5.75 Å². The van der Waals surface area contributed by atoms with Gasteiger partial charge in [-0.1, -0.05) is 12.1 Å². The summed E-state index contributed by atoms with van der Waals surface area (Å²) in [5.41, 5.74) is 4.66. The molecular weight excluding hydrogens is 460 g/mol. The third kappa shape index (κ3) is 6.39. The molecule has 2 N–H and O–H groups in total. The molecule has 0 unspecified atom stereocenters. The molecule has 1 aliphatic rings. The summed E-state index contributed by atoms with van der Waals surface area (Å²) in [6.07, 6.45) is 0. The molecule has 0 aliphatic carbocycles. The number of pyridine rings is 1. The summed E-state index contributed by atoms with van der Waals surface area (Å²) in [6, 6.07) is 13.9. The minimum Gasteiger partial charge on any atom is -0.494 e. The fraction of sp³-hybridized carbons (Fsp3) is 0.407. The number of ether oxygens (including phenoxy) is 2. The number of nitrogens with one attached hydrogen (secondary N) is 2. The Labute approximate surface area is 212 Å². The summed E-state index contributed by atoms with van der Waals surface area (Å²) in [6.45, 7) is 12.0. The van der Waals surface area contributed by atoms with Gasteiger partial charge in [0, 0.05) is 37.4 Å². The summed E-state index contributed by atoms with van der Waals surface area (Å²) in [5.74, 6) is 0.821. The first-order valence-electron chi connectivity index (χ1n) is 12.2. The first-order chi connectivity index (χ1) is 16.9.